The third-order valence-corrected chi connectivity index (χ3v) is 10.7. The first kappa shape index (κ1) is 49.6. The molecule has 4 aromatic rings. The van der Waals surface area contributed by atoms with Crippen LogP contribution < -0.4 is 15.6 Å². The molecular formula is C47H55F6N5O8. The Hall–Kier alpha value is -5.85. The zero-order valence-electron chi connectivity index (χ0n) is 38.1. The average Bonchev–Trinajstić information content (AvgIpc) is 3.91. The summed E-state index contributed by atoms with van der Waals surface area (Å²) in [5.41, 5.74) is -4.77. The van der Waals surface area contributed by atoms with Gasteiger partial charge in [0.05, 0.1) is 30.2 Å². The van der Waals surface area contributed by atoms with Crippen molar-refractivity contribution < 1.29 is 59.7 Å². The van der Waals surface area contributed by atoms with Crippen molar-refractivity contribution in [3.63, 3.8) is 0 Å². The van der Waals surface area contributed by atoms with Gasteiger partial charge >= 0.3 is 24.2 Å². The van der Waals surface area contributed by atoms with Gasteiger partial charge in [0, 0.05) is 55.8 Å². The summed E-state index contributed by atoms with van der Waals surface area (Å²) in [5.74, 6) is -3.46. The van der Waals surface area contributed by atoms with E-state index in [9.17, 15) is 36.7 Å². The molecule has 1 saturated heterocycles. The second kappa shape index (κ2) is 19.5. The summed E-state index contributed by atoms with van der Waals surface area (Å²) in [6.07, 6.45) is -3.28. The molecule has 358 valence electrons. The summed E-state index contributed by atoms with van der Waals surface area (Å²) in [5, 5.41) is 7.25. The van der Waals surface area contributed by atoms with Crippen LogP contribution in [0.1, 0.15) is 108 Å². The number of hydrogen-bond acceptors (Lipinski definition) is 10. The summed E-state index contributed by atoms with van der Waals surface area (Å²) < 4.78 is 114. The predicted molar refractivity (Wildman–Crippen MR) is 230 cm³/mol. The van der Waals surface area contributed by atoms with Crippen LogP contribution in [0.25, 0.3) is 11.1 Å². The topological polar surface area (TPSA) is 143 Å². The third kappa shape index (κ3) is 12.7. The number of alkyl carbamates (subject to hydrolysis) is 1. The highest BCUT2D eigenvalue weighted by Crippen LogP contribution is 2.40. The molecule has 0 bridgehead atoms. The lowest BCUT2D eigenvalue weighted by atomic mass is 9.95. The Balaban J connectivity index is 1.44. The van der Waals surface area contributed by atoms with Gasteiger partial charge in [-0.2, -0.15) is 13.2 Å². The molecule has 13 nitrogen and oxygen atoms in total. The number of nitrogens with zero attached hydrogens (tertiary/aromatic N) is 4. The van der Waals surface area contributed by atoms with E-state index >= 15 is 8.78 Å². The fourth-order valence-electron chi connectivity index (χ4n) is 7.50. The highest BCUT2D eigenvalue weighted by molar-refractivity contribution is 5.79. The highest BCUT2D eigenvalue weighted by Gasteiger charge is 2.38. The summed E-state index contributed by atoms with van der Waals surface area (Å²) >= 11 is 0. The van der Waals surface area contributed by atoms with Gasteiger partial charge in [-0.15, -0.1) is 5.10 Å². The SMILES string of the molecule is CCOC(=O)C[C@H](NC(=O)OC(C)(C)C)c1cc(-c2cn(CC3CC3)nc2Oc2ccc(F)c(C(C(=O)OC(C)(C)C)n3cc(CCN4CC(F)C4)c(C(F)(F)F)cc3=O)c2)cc(C)c1F. The average molecular weight is 932 g/mol. The number of benzene rings is 2. The smallest absolute Gasteiger partial charge is 0.416 e. The molecule has 1 N–H and O–H groups in total. The van der Waals surface area contributed by atoms with Crippen LogP contribution in [0, 0.1) is 24.5 Å². The minimum Gasteiger partial charge on any atom is -0.466 e. The van der Waals surface area contributed by atoms with Crippen LogP contribution in [0.4, 0.5) is 31.1 Å². The number of likely N-dealkylation sites (tertiary alicyclic amines) is 1. The molecule has 66 heavy (non-hydrogen) atoms. The molecule has 0 spiro atoms. The Bertz CT molecular complexity index is 2500. The summed E-state index contributed by atoms with van der Waals surface area (Å²) in [6.45, 7) is 13.2. The molecule has 1 aliphatic heterocycles. The van der Waals surface area contributed by atoms with Crippen molar-refractivity contribution in [3.05, 3.63) is 98.6 Å². The van der Waals surface area contributed by atoms with Crippen LogP contribution in [-0.2, 0) is 42.9 Å². The van der Waals surface area contributed by atoms with Gasteiger partial charge in [-0.1, -0.05) is 0 Å². The maximum Gasteiger partial charge on any atom is 0.416 e. The van der Waals surface area contributed by atoms with Crippen LogP contribution in [0.5, 0.6) is 11.6 Å². The van der Waals surface area contributed by atoms with E-state index in [-0.39, 0.29) is 61.0 Å². The van der Waals surface area contributed by atoms with Gasteiger partial charge in [0.1, 0.15) is 34.8 Å². The normalized spacial score (nSPS) is 15.7. The van der Waals surface area contributed by atoms with E-state index in [1.165, 1.54) is 45.9 Å². The molecule has 3 heterocycles. The van der Waals surface area contributed by atoms with Crippen molar-refractivity contribution in [1.82, 2.24) is 24.6 Å². The van der Waals surface area contributed by atoms with Gasteiger partial charge in [-0.3, -0.25) is 23.7 Å². The van der Waals surface area contributed by atoms with Gasteiger partial charge in [-0.25, -0.2) is 22.8 Å². The second-order valence-electron chi connectivity index (χ2n) is 18.7. The predicted octanol–water partition coefficient (Wildman–Crippen LogP) is 9.17. The Kier molecular flexibility index (Phi) is 14.7. The quantitative estimate of drug-likeness (QED) is 0.0657. The van der Waals surface area contributed by atoms with Gasteiger partial charge in [0.15, 0.2) is 6.04 Å². The Morgan fingerprint density at radius 1 is 0.924 bits per heavy atom. The molecule has 1 unspecified atom stereocenters. The third-order valence-electron chi connectivity index (χ3n) is 10.7. The van der Waals surface area contributed by atoms with Crippen molar-refractivity contribution >= 4 is 18.0 Å². The molecule has 6 rings (SSSR count). The number of carbonyl (C=O) groups is 3. The molecule has 2 aromatic carbocycles. The van der Waals surface area contributed by atoms with Crippen LogP contribution in [0.3, 0.4) is 0 Å². The van der Waals surface area contributed by atoms with Crippen LogP contribution in [0.2, 0.25) is 0 Å². The van der Waals surface area contributed by atoms with Crippen LogP contribution in [0.15, 0.2) is 53.6 Å². The summed E-state index contributed by atoms with van der Waals surface area (Å²) in [4.78, 5) is 55.1. The fraction of sp³-hybridized carbons (Fsp3) is 0.511. The number of nitrogens with one attached hydrogen (secondary N) is 1. The number of aromatic nitrogens is 3. The van der Waals surface area contributed by atoms with E-state index in [4.69, 9.17) is 18.9 Å². The molecule has 1 amide bonds. The van der Waals surface area contributed by atoms with Gasteiger partial charge < -0.3 is 24.3 Å². The number of pyridine rings is 1. The molecule has 2 atom stereocenters. The number of esters is 2. The van der Waals surface area contributed by atoms with Crippen molar-refractivity contribution in [1.29, 1.82) is 0 Å². The Morgan fingerprint density at radius 2 is 1.61 bits per heavy atom. The van der Waals surface area contributed by atoms with Gasteiger partial charge in [0.25, 0.3) is 5.56 Å². The van der Waals surface area contributed by atoms with E-state index in [0.717, 1.165) is 31.2 Å². The largest absolute Gasteiger partial charge is 0.466 e. The molecular weight excluding hydrogens is 877 g/mol. The van der Waals surface area contributed by atoms with E-state index in [1.54, 1.807) is 43.5 Å². The van der Waals surface area contributed by atoms with Gasteiger partial charge in [-0.05, 0) is 128 Å². The molecule has 2 aromatic heterocycles. The zero-order valence-corrected chi connectivity index (χ0v) is 38.1. The van der Waals surface area contributed by atoms with E-state index in [1.807, 2.05) is 0 Å². The van der Waals surface area contributed by atoms with Crippen LogP contribution >= 0.6 is 0 Å². The maximum atomic E-state index is 16.2. The fourth-order valence-corrected chi connectivity index (χ4v) is 7.50. The number of carbonyl (C=O) groups excluding carboxylic acids is 3. The minimum atomic E-state index is -4.97. The number of rotatable bonds is 16. The van der Waals surface area contributed by atoms with Crippen molar-refractivity contribution in [3.8, 4) is 22.8 Å². The maximum absolute atomic E-state index is 16.2. The lowest BCUT2D eigenvalue weighted by molar-refractivity contribution is -0.157. The molecule has 1 aliphatic carbocycles. The lowest BCUT2D eigenvalue weighted by Crippen LogP contribution is -2.49. The molecule has 0 radical (unpaired) electrons. The highest BCUT2D eigenvalue weighted by atomic mass is 19.4. The van der Waals surface area contributed by atoms with Crippen molar-refractivity contribution in [2.45, 2.75) is 123 Å². The van der Waals surface area contributed by atoms with E-state index in [2.05, 4.69) is 10.4 Å². The van der Waals surface area contributed by atoms with Gasteiger partial charge in [0.2, 0.25) is 5.88 Å². The van der Waals surface area contributed by atoms with Crippen LogP contribution in [-0.4, -0.2) is 80.9 Å². The number of halogens is 6. The van der Waals surface area contributed by atoms with E-state index < -0.39 is 88.4 Å². The molecule has 1 saturated carbocycles. The first-order valence-corrected chi connectivity index (χ1v) is 21.7. The minimum absolute atomic E-state index is 0.0214. The Labute approximate surface area is 378 Å². The lowest BCUT2D eigenvalue weighted by Gasteiger charge is -2.34. The Morgan fingerprint density at radius 3 is 2.21 bits per heavy atom. The zero-order chi connectivity index (χ0) is 48.5. The molecule has 19 heteroatoms. The monoisotopic (exact) mass is 931 g/mol. The summed E-state index contributed by atoms with van der Waals surface area (Å²) in [6, 6.07) is 3.37. The van der Waals surface area contributed by atoms with Crippen molar-refractivity contribution in [2.75, 3.05) is 26.2 Å². The molecule has 2 fully saturated rings. The number of amides is 1. The van der Waals surface area contributed by atoms with E-state index in [0.29, 0.717) is 34.2 Å². The number of hydrogen-bond donors (Lipinski definition) is 1. The molecule has 2 aliphatic rings. The number of alkyl halides is 4. The second-order valence-corrected chi connectivity index (χ2v) is 18.7. The number of ether oxygens (including phenoxy) is 4. The first-order valence-electron chi connectivity index (χ1n) is 21.7. The number of aryl methyl sites for hydroxylation is 1. The standard InChI is InChI=1S/C47H55F6N5O8/c1-9-63-39(60)20-37(54-44(62)66-46(6,7)8)33-17-29(16-26(2)40(33)50)34-25-57(21-27-10-11-27)55-42(34)64-31-12-13-36(49)32(18-31)41(43(61)65-45(3,4)5)58-22-28(14-15-56-23-30(48)24-56)35(19-38(58)59)47(51,52)53/h12-13,16-19,22,25,27,30,37,41H,9-11,14-15,20-21,23-24H2,1-8H3,(H,54,62)/t37-,41?/m0/s1. The van der Waals surface area contributed by atoms with Crippen molar-refractivity contribution in [2.24, 2.45) is 5.92 Å². The first-order chi connectivity index (χ1) is 30.8. The summed E-state index contributed by atoms with van der Waals surface area (Å²) in [7, 11) is 0.